The van der Waals surface area contributed by atoms with Gasteiger partial charge >= 0.3 is 0 Å². The first-order valence-electron chi connectivity index (χ1n) is 14.1. The van der Waals surface area contributed by atoms with Crippen LogP contribution >= 0.6 is 11.6 Å². The Morgan fingerprint density at radius 3 is 2.40 bits per heavy atom. The van der Waals surface area contributed by atoms with Crippen LogP contribution in [0.4, 0.5) is 20.4 Å². The van der Waals surface area contributed by atoms with Crippen LogP contribution in [0.15, 0.2) is 77.6 Å². The van der Waals surface area contributed by atoms with Gasteiger partial charge in [0.2, 0.25) is 5.95 Å². The number of fused-ring (bicyclic) bond motifs is 3. The average Bonchev–Trinajstić information content (AvgIpc) is 3.16. The number of hydrogen-bond acceptors (Lipinski definition) is 6. The summed E-state index contributed by atoms with van der Waals surface area (Å²) in [6.45, 7) is 3.68. The van der Waals surface area contributed by atoms with Crippen LogP contribution in [0, 0.1) is 11.6 Å². The van der Waals surface area contributed by atoms with E-state index in [1.54, 1.807) is 24.5 Å². The summed E-state index contributed by atoms with van der Waals surface area (Å²) < 4.78 is 29.7. The van der Waals surface area contributed by atoms with Crippen molar-refractivity contribution in [3.8, 4) is 0 Å². The molecule has 3 heterocycles. The van der Waals surface area contributed by atoms with Gasteiger partial charge in [0.15, 0.2) is 0 Å². The zero-order valence-electron chi connectivity index (χ0n) is 24.2. The second kappa shape index (κ2) is 11.5. The molecule has 1 aliphatic carbocycles. The molecule has 1 N–H and O–H groups in total. The Labute approximate surface area is 254 Å². The number of piperidine rings is 1. The van der Waals surface area contributed by atoms with E-state index >= 15 is 0 Å². The molecule has 0 unspecified atom stereocenters. The molecule has 1 saturated heterocycles. The van der Waals surface area contributed by atoms with Crippen LogP contribution in [-0.2, 0) is 6.42 Å². The van der Waals surface area contributed by atoms with Gasteiger partial charge in [-0.3, -0.25) is 4.79 Å². The molecule has 0 atom stereocenters. The molecule has 3 aromatic rings. The van der Waals surface area contributed by atoms with E-state index in [9.17, 15) is 13.6 Å². The molecule has 1 fully saturated rings. The van der Waals surface area contributed by atoms with E-state index in [2.05, 4.69) is 41.2 Å². The Bertz CT molecular complexity index is 1700. The summed E-state index contributed by atoms with van der Waals surface area (Å²) in [5.41, 5.74) is 4.18. The number of amides is 1. The number of aromatic nitrogens is 2. The molecule has 1 amide bonds. The second-order valence-corrected chi connectivity index (χ2v) is 11.8. The van der Waals surface area contributed by atoms with Gasteiger partial charge in [0.1, 0.15) is 16.8 Å². The molecular formula is C33H31ClF2N6O. The highest BCUT2D eigenvalue weighted by Crippen LogP contribution is 2.41. The zero-order chi connectivity index (χ0) is 30.3. The number of hydrogen-bond donors (Lipinski definition) is 1. The molecule has 10 heteroatoms. The summed E-state index contributed by atoms with van der Waals surface area (Å²) in [4.78, 5) is 30.8. The van der Waals surface area contributed by atoms with Gasteiger partial charge in [-0.2, -0.15) is 0 Å². The van der Waals surface area contributed by atoms with E-state index < -0.39 is 11.6 Å². The lowest BCUT2D eigenvalue weighted by Gasteiger charge is -2.43. The lowest BCUT2D eigenvalue weighted by atomic mass is 9.84. The van der Waals surface area contributed by atoms with Gasteiger partial charge < -0.3 is 15.1 Å². The predicted molar refractivity (Wildman–Crippen MR) is 166 cm³/mol. The fraction of sp³-hybridized carbons (Fsp3) is 0.273. The number of nitrogens with zero attached hydrogens (tertiary/aromatic N) is 5. The highest BCUT2D eigenvalue weighted by atomic mass is 35.5. The molecule has 43 heavy (non-hydrogen) atoms. The highest BCUT2D eigenvalue weighted by molar-refractivity contribution is 6.69. The monoisotopic (exact) mass is 600 g/mol. The van der Waals surface area contributed by atoms with E-state index in [0.717, 1.165) is 31.5 Å². The summed E-state index contributed by atoms with van der Waals surface area (Å²) in [6.07, 6.45) is 8.96. The van der Waals surface area contributed by atoms with Gasteiger partial charge in [-0.1, -0.05) is 23.7 Å². The molecule has 0 bridgehead atoms. The fourth-order valence-corrected chi connectivity index (χ4v) is 5.81. The summed E-state index contributed by atoms with van der Waals surface area (Å²) in [5.74, 6) is -1.03. The van der Waals surface area contributed by atoms with Crippen LogP contribution in [0.5, 0.6) is 0 Å². The summed E-state index contributed by atoms with van der Waals surface area (Å²) in [5, 5.41) is 3.31. The molecule has 6 rings (SSSR count). The van der Waals surface area contributed by atoms with Crippen molar-refractivity contribution in [2.45, 2.75) is 31.7 Å². The number of benzene rings is 2. The number of likely N-dealkylation sites (tertiary alicyclic amines) is 1. The number of halogens is 3. The minimum Gasteiger partial charge on any atom is -0.339 e. The van der Waals surface area contributed by atoms with E-state index in [1.165, 1.54) is 24.3 Å². The third-order valence-electron chi connectivity index (χ3n) is 8.63. The Hall–Kier alpha value is -4.21. The van der Waals surface area contributed by atoms with Crippen LogP contribution < -0.4 is 5.32 Å². The summed E-state index contributed by atoms with van der Waals surface area (Å²) in [6, 6.07) is 11.0. The maximum Gasteiger partial charge on any atom is 0.253 e. The van der Waals surface area contributed by atoms with Crippen molar-refractivity contribution < 1.29 is 13.6 Å². The van der Waals surface area contributed by atoms with Crippen LogP contribution in [0.25, 0.3) is 11.1 Å². The highest BCUT2D eigenvalue weighted by Gasteiger charge is 2.34. The molecule has 3 aliphatic rings. The number of aliphatic imine (C=N–C) groups is 1. The third kappa shape index (κ3) is 5.62. The smallest absolute Gasteiger partial charge is 0.253 e. The largest absolute Gasteiger partial charge is 0.339 e. The Kier molecular flexibility index (Phi) is 7.70. The number of allylic oxidation sites excluding steroid dienone is 5. The molecule has 0 radical (unpaired) electrons. The number of carbonyl (C=O) groups is 1. The predicted octanol–water partition coefficient (Wildman–Crippen LogP) is 6.61. The normalized spacial score (nSPS) is 17.6. The molecule has 0 saturated carbocycles. The van der Waals surface area contributed by atoms with Crippen molar-refractivity contribution >= 4 is 45.5 Å². The molecule has 2 aliphatic heterocycles. The van der Waals surface area contributed by atoms with E-state index in [4.69, 9.17) is 16.6 Å². The van der Waals surface area contributed by atoms with Gasteiger partial charge in [-0.25, -0.2) is 23.7 Å². The Balaban J connectivity index is 1.21. The van der Waals surface area contributed by atoms with E-state index in [0.29, 0.717) is 46.0 Å². The first kappa shape index (κ1) is 28.9. The van der Waals surface area contributed by atoms with Gasteiger partial charge in [0.05, 0.1) is 11.3 Å². The van der Waals surface area contributed by atoms with Crippen LogP contribution in [0.3, 0.4) is 0 Å². The van der Waals surface area contributed by atoms with E-state index in [1.807, 2.05) is 23.1 Å². The lowest BCUT2D eigenvalue weighted by Crippen LogP contribution is -2.51. The Morgan fingerprint density at radius 2 is 1.72 bits per heavy atom. The van der Waals surface area contributed by atoms with Crippen molar-refractivity contribution in [1.82, 2.24) is 19.8 Å². The lowest BCUT2D eigenvalue weighted by molar-refractivity contribution is 0.0494. The first-order valence-corrected chi connectivity index (χ1v) is 14.5. The van der Waals surface area contributed by atoms with Crippen molar-refractivity contribution in [1.29, 1.82) is 0 Å². The topological polar surface area (TPSA) is 73.7 Å². The summed E-state index contributed by atoms with van der Waals surface area (Å²) >= 11 is 6.29. The molecule has 220 valence electrons. The average molecular weight is 601 g/mol. The van der Waals surface area contributed by atoms with Crippen molar-refractivity contribution in [3.63, 3.8) is 0 Å². The van der Waals surface area contributed by atoms with Crippen LogP contribution in [0.2, 0.25) is 0 Å². The van der Waals surface area contributed by atoms with Crippen molar-refractivity contribution in [3.05, 3.63) is 107 Å². The van der Waals surface area contributed by atoms with Gasteiger partial charge in [-0.15, -0.1) is 0 Å². The fourth-order valence-electron chi connectivity index (χ4n) is 5.65. The standard InChI is InChI=1S/C33H31ClF2N6O/c1-33(41(2)3)13-15-42(16-14-33)31(43)20-7-10-22(11-8-20)39-32-38-18-21-9-12-23-24(29-26(35)5-4-6-27(29)36)17-28(34)37-19-25(23)30(21)40-32/h4-8,10-12,17-19H,9,13-16H2,1-3H3,(H,38,39,40). The van der Waals surface area contributed by atoms with E-state index in [-0.39, 0.29) is 22.2 Å². The number of rotatable bonds is 5. The second-order valence-electron chi connectivity index (χ2n) is 11.4. The maximum atomic E-state index is 14.8. The number of anilines is 2. The molecular weight excluding hydrogens is 570 g/mol. The third-order valence-corrected chi connectivity index (χ3v) is 8.84. The van der Waals surface area contributed by atoms with Gasteiger partial charge in [-0.05, 0) is 93.9 Å². The molecule has 1 aromatic heterocycles. The van der Waals surface area contributed by atoms with Crippen LogP contribution in [-0.4, -0.2) is 63.6 Å². The molecule has 7 nitrogen and oxygen atoms in total. The van der Waals surface area contributed by atoms with Crippen molar-refractivity contribution in [2.24, 2.45) is 4.99 Å². The molecule has 0 spiro atoms. The summed E-state index contributed by atoms with van der Waals surface area (Å²) in [7, 11) is 4.17. The minimum atomic E-state index is -0.692. The zero-order valence-corrected chi connectivity index (χ0v) is 24.9. The quantitative estimate of drug-likeness (QED) is 0.357. The van der Waals surface area contributed by atoms with Gasteiger partial charge in [0, 0.05) is 53.4 Å². The minimum absolute atomic E-state index is 0.0198. The molecule has 2 aromatic carbocycles. The number of carbonyl (C=O) groups excluding carboxylic acids is 1. The van der Waals surface area contributed by atoms with Gasteiger partial charge in [0.25, 0.3) is 5.91 Å². The van der Waals surface area contributed by atoms with Crippen LogP contribution in [0.1, 0.15) is 46.9 Å². The number of nitrogens with one attached hydrogen (secondary N) is 1. The maximum absolute atomic E-state index is 14.8. The SMILES string of the molecule is CN(C)C1(C)CCN(C(=O)c2ccc(Nc3ncc4c(n3)C3=CN=C(Cl)C=C(c5c(F)cccc5F)C3=CC4)cc2)CC1. The Morgan fingerprint density at radius 1 is 1.02 bits per heavy atom. The first-order chi connectivity index (χ1) is 20.6. The van der Waals surface area contributed by atoms with Crippen molar-refractivity contribution in [2.75, 3.05) is 32.5 Å².